The minimum atomic E-state index is -0.380. The first-order chi connectivity index (χ1) is 15.0. The number of methoxy groups -OCH3 is 1. The third-order valence-corrected chi connectivity index (χ3v) is 5.82. The number of ether oxygens (including phenoxy) is 2. The molecule has 8 nitrogen and oxygen atoms in total. The second-order valence-electron chi connectivity index (χ2n) is 8.05. The molecule has 0 spiro atoms. The van der Waals surface area contributed by atoms with Crippen molar-refractivity contribution in [2.45, 2.75) is 51.8 Å². The Labute approximate surface area is 182 Å². The lowest BCUT2D eigenvalue weighted by molar-refractivity contribution is -0.140. The highest BCUT2D eigenvalue weighted by Crippen LogP contribution is 2.30. The maximum atomic E-state index is 12.8. The molecular formula is C23H28N4O4. The number of aromatic nitrogens is 2. The molecular weight excluding hydrogens is 396 g/mol. The van der Waals surface area contributed by atoms with Gasteiger partial charge in [0.2, 0.25) is 5.91 Å². The smallest absolute Gasteiger partial charge is 0.251 e. The second kappa shape index (κ2) is 9.01. The normalized spacial score (nSPS) is 18.1. The Morgan fingerprint density at radius 3 is 2.90 bits per heavy atom. The Hall–Kier alpha value is -3.00. The molecule has 1 saturated heterocycles. The predicted molar refractivity (Wildman–Crippen MR) is 115 cm³/mol. The topological polar surface area (TPSA) is 84.9 Å². The Balaban J connectivity index is 1.59. The van der Waals surface area contributed by atoms with Crippen LogP contribution in [0.25, 0.3) is 0 Å². The molecule has 2 aliphatic heterocycles. The Kier molecular flexibility index (Phi) is 6.18. The molecule has 2 amide bonds. The van der Waals surface area contributed by atoms with E-state index < -0.39 is 0 Å². The number of anilines is 1. The molecule has 0 N–H and O–H groups in total. The molecule has 2 aliphatic rings. The van der Waals surface area contributed by atoms with Crippen molar-refractivity contribution in [3.05, 3.63) is 46.9 Å². The summed E-state index contributed by atoms with van der Waals surface area (Å²) >= 11 is 0. The van der Waals surface area contributed by atoms with Gasteiger partial charge in [-0.05, 0) is 43.9 Å². The van der Waals surface area contributed by atoms with Crippen LogP contribution in [0.15, 0.2) is 24.3 Å². The summed E-state index contributed by atoms with van der Waals surface area (Å²) in [6.45, 7) is 3.24. The number of fused-ring (bicyclic) bond motifs is 1. The summed E-state index contributed by atoms with van der Waals surface area (Å²) in [6, 6.07) is 7.67. The Bertz CT molecular complexity index is 988. The fourth-order valence-corrected chi connectivity index (χ4v) is 4.13. The number of amides is 2. The second-order valence-corrected chi connectivity index (χ2v) is 8.05. The van der Waals surface area contributed by atoms with E-state index in [0.717, 1.165) is 35.4 Å². The third kappa shape index (κ3) is 4.54. The number of carbonyl (C=O) groups is 2. The largest absolute Gasteiger partial charge is 0.497 e. The van der Waals surface area contributed by atoms with Gasteiger partial charge in [0, 0.05) is 31.3 Å². The number of carbonyl (C=O) groups excluding carboxylic acids is 2. The Morgan fingerprint density at radius 1 is 1.32 bits per heavy atom. The summed E-state index contributed by atoms with van der Waals surface area (Å²) in [7, 11) is 3.36. The number of aryl methyl sites for hydroxylation is 1. The summed E-state index contributed by atoms with van der Waals surface area (Å²) in [4.78, 5) is 38.1. The molecule has 164 valence electrons. The average molecular weight is 425 g/mol. The van der Waals surface area contributed by atoms with Gasteiger partial charge in [-0.1, -0.05) is 12.1 Å². The summed E-state index contributed by atoms with van der Waals surface area (Å²) in [5.74, 6) is 1.88. The molecule has 3 heterocycles. The van der Waals surface area contributed by atoms with E-state index in [1.165, 1.54) is 0 Å². The van der Waals surface area contributed by atoms with Crippen LogP contribution in [0, 0.1) is 6.92 Å². The predicted octanol–water partition coefficient (Wildman–Crippen LogP) is 2.41. The van der Waals surface area contributed by atoms with Crippen molar-refractivity contribution in [3.8, 4) is 5.75 Å². The van der Waals surface area contributed by atoms with E-state index in [4.69, 9.17) is 14.5 Å². The molecule has 1 aromatic carbocycles. The summed E-state index contributed by atoms with van der Waals surface area (Å²) in [5, 5.41) is 0. The molecule has 0 aliphatic carbocycles. The van der Waals surface area contributed by atoms with Gasteiger partial charge in [-0.25, -0.2) is 9.97 Å². The molecule has 0 saturated carbocycles. The molecule has 1 fully saturated rings. The number of hydrogen-bond acceptors (Lipinski definition) is 6. The molecule has 4 rings (SSSR count). The molecule has 1 atom stereocenters. The number of rotatable bonds is 6. The maximum absolute atomic E-state index is 12.8. The minimum absolute atomic E-state index is 0.0307. The fourth-order valence-electron chi connectivity index (χ4n) is 4.13. The van der Waals surface area contributed by atoms with Gasteiger partial charge in [-0.2, -0.15) is 0 Å². The van der Waals surface area contributed by atoms with Crippen LogP contribution in [0.5, 0.6) is 5.75 Å². The van der Waals surface area contributed by atoms with Crippen molar-refractivity contribution in [1.82, 2.24) is 14.9 Å². The van der Waals surface area contributed by atoms with E-state index in [2.05, 4.69) is 4.98 Å². The van der Waals surface area contributed by atoms with Crippen molar-refractivity contribution in [2.75, 3.05) is 25.7 Å². The van der Waals surface area contributed by atoms with E-state index in [-0.39, 0.29) is 24.5 Å². The van der Waals surface area contributed by atoms with Crippen LogP contribution >= 0.6 is 0 Å². The zero-order valence-electron chi connectivity index (χ0n) is 18.3. The number of likely N-dealkylation sites (N-methyl/N-ethyl adjacent to an activating group) is 1. The molecule has 0 radical (unpaired) electrons. The number of nitrogens with zero attached hydrogens (tertiary/aromatic N) is 4. The van der Waals surface area contributed by atoms with Gasteiger partial charge in [-0.15, -0.1) is 0 Å². The van der Waals surface area contributed by atoms with Crippen molar-refractivity contribution in [1.29, 1.82) is 0 Å². The van der Waals surface area contributed by atoms with Crippen LogP contribution in [0.1, 0.15) is 41.9 Å². The van der Waals surface area contributed by atoms with Crippen LogP contribution in [-0.4, -0.2) is 53.6 Å². The number of hydrogen-bond donors (Lipinski definition) is 0. The molecule has 2 aromatic rings. The standard InChI is InChI=1S/C23H28N4O4/c1-15-18-9-10-21(28)27(13-16-6-4-7-17(12-16)30-3)22(18)25-20(24-15)14-26(2)23(29)19-8-5-11-31-19/h4,6-7,12,19H,5,8-11,13-14H2,1-3H3/t19-/m1/s1. The van der Waals surface area contributed by atoms with E-state index in [1.807, 2.05) is 31.2 Å². The molecule has 0 unspecified atom stereocenters. The lowest BCUT2D eigenvalue weighted by Crippen LogP contribution is -2.38. The van der Waals surface area contributed by atoms with Crippen LogP contribution in [0.3, 0.4) is 0 Å². The zero-order valence-corrected chi connectivity index (χ0v) is 18.3. The van der Waals surface area contributed by atoms with Crippen LogP contribution in [-0.2, 0) is 33.8 Å². The van der Waals surface area contributed by atoms with E-state index in [1.54, 1.807) is 24.0 Å². The first kappa shape index (κ1) is 21.2. The SMILES string of the molecule is COc1cccc(CN2C(=O)CCc3c(C)nc(CN(C)C(=O)[C@H]4CCCO4)nc32)c1. The average Bonchev–Trinajstić information content (AvgIpc) is 3.30. The quantitative estimate of drug-likeness (QED) is 0.708. The third-order valence-electron chi connectivity index (χ3n) is 5.82. The van der Waals surface area contributed by atoms with Crippen molar-refractivity contribution < 1.29 is 19.1 Å². The molecule has 1 aromatic heterocycles. The van der Waals surface area contributed by atoms with Gasteiger partial charge in [0.05, 0.1) is 20.2 Å². The Morgan fingerprint density at radius 2 is 2.16 bits per heavy atom. The summed E-state index contributed by atoms with van der Waals surface area (Å²) in [6.07, 6.45) is 2.32. The molecule has 0 bridgehead atoms. The minimum Gasteiger partial charge on any atom is -0.497 e. The maximum Gasteiger partial charge on any atom is 0.251 e. The highest BCUT2D eigenvalue weighted by atomic mass is 16.5. The van der Waals surface area contributed by atoms with Gasteiger partial charge >= 0.3 is 0 Å². The van der Waals surface area contributed by atoms with Gasteiger partial charge in [0.15, 0.2) is 0 Å². The van der Waals surface area contributed by atoms with E-state index >= 15 is 0 Å². The van der Waals surface area contributed by atoms with E-state index in [9.17, 15) is 9.59 Å². The lowest BCUT2D eigenvalue weighted by Gasteiger charge is -2.30. The highest BCUT2D eigenvalue weighted by Gasteiger charge is 2.30. The van der Waals surface area contributed by atoms with Crippen molar-refractivity contribution in [3.63, 3.8) is 0 Å². The monoisotopic (exact) mass is 424 g/mol. The van der Waals surface area contributed by atoms with Crippen LogP contribution < -0.4 is 9.64 Å². The van der Waals surface area contributed by atoms with Crippen LogP contribution in [0.2, 0.25) is 0 Å². The van der Waals surface area contributed by atoms with Crippen LogP contribution in [0.4, 0.5) is 5.82 Å². The lowest BCUT2D eigenvalue weighted by atomic mass is 10.0. The van der Waals surface area contributed by atoms with Gasteiger partial charge in [0.25, 0.3) is 5.91 Å². The number of benzene rings is 1. The summed E-state index contributed by atoms with van der Waals surface area (Å²) in [5.41, 5.74) is 2.80. The molecule has 8 heteroatoms. The first-order valence-corrected chi connectivity index (χ1v) is 10.6. The summed E-state index contributed by atoms with van der Waals surface area (Å²) < 4.78 is 10.8. The van der Waals surface area contributed by atoms with E-state index in [0.29, 0.717) is 37.6 Å². The van der Waals surface area contributed by atoms with Gasteiger partial charge in [0.1, 0.15) is 23.5 Å². The van der Waals surface area contributed by atoms with Crippen molar-refractivity contribution >= 4 is 17.6 Å². The van der Waals surface area contributed by atoms with Gasteiger partial charge in [-0.3, -0.25) is 14.5 Å². The highest BCUT2D eigenvalue weighted by molar-refractivity contribution is 5.95. The van der Waals surface area contributed by atoms with Crippen molar-refractivity contribution in [2.24, 2.45) is 0 Å². The molecule has 31 heavy (non-hydrogen) atoms. The zero-order chi connectivity index (χ0) is 22.0. The fraction of sp³-hybridized carbons (Fsp3) is 0.478. The first-order valence-electron chi connectivity index (χ1n) is 10.6. The van der Waals surface area contributed by atoms with Gasteiger partial charge < -0.3 is 14.4 Å².